The molecular weight excluding hydrogens is 338 g/mol. The number of likely N-dealkylation sites (tertiary alicyclic amines) is 1. The van der Waals surface area contributed by atoms with E-state index in [1.165, 1.54) is 0 Å². The molecule has 3 rings (SSSR count). The van der Waals surface area contributed by atoms with Crippen LogP contribution in [0, 0.1) is 20.8 Å². The minimum absolute atomic E-state index is 0.110. The van der Waals surface area contributed by atoms with Crippen molar-refractivity contribution in [3.8, 4) is 0 Å². The molecule has 0 saturated carbocycles. The number of hydrogen-bond donors (Lipinski definition) is 1. The normalized spacial score (nSPS) is 19.0. The van der Waals surface area contributed by atoms with Crippen molar-refractivity contribution < 1.29 is 14.7 Å². The van der Waals surface area contributed by atoms with E-state index in [0.717, 1.165) is 28.7 Å². The molecule has 2 aromatic carbocycles. The van der Waals surface area contributed by atoms with Gasteiger partial charge < -0.3 is 10.0 Å². The standard InChI is InChI=1S/C23H25NO3/c1-5-11-24-20(17-8-6-7-14(2)12-17)19(22(26)23(24)27)21(25)18-10-9-15(3)16(4)13-18/h6-10,12-13,20,25H,5,11H2,1-4H3/b21-19-. The lowest BCUT2D eigenvalue weighted by atomic mass is 9.93. The van der Waals surface area contributed by atoms with Crippen molar-refractivity contribution in [1.82, 2.24) is 4.90 Å². The van der Waals surface area contributed by atoms with Crippen molar-refractivity contribution in [3.05, 3.63) is 75.9 Å². The molecule has 1 aliphatic rings. The smallest absolute Gasteiger partial charge is 0.295 e. The van der Waals surface area contributed by atoms with Gasteiger partial charge in [-0.2, -0.15) is 0 Å². The maximum atomic E-state index is 12.8. The zero-order valence-corrected chi connectivity index (χ0v) is 16.2. The molecule has 1 N–H and O–H groups in total. The Morgan fingerprint density at radius 1 is 1.04 bits per heavy atom. The van der Waals surface area contributed by atoms with Crippen LogP contribution >= 0.6 is 0 Å². The van der Waals surface area contributed by atoms with Gasteiger partial charge in [0.25, 0.3) is 11.7 Å². The third-order valence-corrected chi connectivity index (χ3v) is 5.14. The SMILES string of the molecule is CCCN1C(=O)C(=O)/C(=C(\O)c2ccc(C)c(C)c2)C1c1cccc(C)c1. The predicted molar refractivity (Wildman–Crippen MR) is 106 cm³/mol. The Kier molecular flexibility index (Phi) is 5.17. The number of nitrogens with zero attached hydrogens (tertiary/aromatic N) is 1. The van der Waals surface area contributed by atoms with Gasteiger partial charge in [-0.25, -0.2) is 0 Å². The maximum absolute atomic E-state index is 12.8. The van der Waals surface area contributed by atoms with Crippen LogP contribution in [0.3, 0.4) is 0 Å². The molecular formula is C23H25NO3. The first kappa shape index (κ1) is 18.9. The molecule has 1 atom stereocenters. The third kappa shape index (κ3) is 3.39. The Hall–Kier alpha value is -2.88. The molecule has 1 unspecified atom stereocenters. The summed E-state index contributed by atoms with van der Waals surface area (Å²) < 4.78 is 0. The largest absolute Gasteiger partial charge is 0.507 e. The lowest BCUT2D eigenvalue weighted by Crippen LogP contribution is -2.30. The van der Waals surface area contributed by atoms with E-state index in [2.05, 4.69) is 0 Å². The third-order valence-electron chi connectivity index (χ3n) is 5.14. The molecule has 2 aromatic rings. The summed E-state index contributed by atoms with van der Waals surface area (Å²) in [5.41, 5.74) is 4.74. The van der Waals surface area contributed by atoms with Crippen molar-refractivity contribution in [1.29, 1.82) is 0 Å². The molecule has 27 heavy (non-hydrogen) atoms. The van der Waals surface area contributed by atoms with E-state index in [0.29, 0.717) is 12.1 Å². The quantitative estimate of drug-likeness (QED) is 0.496. The van der Waals surface area contributed by atoms with Crippen molar-refractivity contribution in [3.63, 3.8) is 0 Å². The Bertz CT molecular complexity index is 942. The molecule has 4 heteroatoms. The summed E-state index contributed by atoms with van der Waals surface area (Å²) in [7, 11) is 0. The van der Waals surface area contributed by atoms with Gasteiger partial charge in [0.05, 0.1) is 11.6 Å². The van der Waals surface area contributed by atoms with Crippen molar-refractivity contribution >= 4 is 17.4 Å². The van der Waals surface area contributed by atoms with Gasteiger partial charge in [-0.3, -0.25) is 9.59 Å². The number of ketones is 1. The van der Waals surface area contributed by atoms with Crippen LogP contribution in [0.2, 0.25) is 0 Å². The topological polar surface area (TPSA) is 57.6 Å². The highest BCUT2D eigenvalue weighted by atomic mass is 16.3. The second-order valence-corrected chi connectivity index (χ2v) is 7.21. The fraction of sp³-hybridized carbons (Fsp3) is 0.304. The van der Waals surface area contributed by atoms with Crippen LogP contribution in [-0.4, -0.2) is 28.2 Å². The average Bonchev–Trinajstić information content (AvgIpc) is 2.89. The zero-order valence-electron chi connectivity index (χ0n) is 16.2. The predicted octanol–water partition coefficient (Wildman–Crippen LogP) is 4.44. The van der Waals surface area contributed by atoms with Crippen LogP contribution in [0.1, 0.15) is 47.2 Å². The average molecular weight is 363 g/mol. The molecule has 140 valence electrons. The minimum atomic E-state index is -0.620. The van der Waals surface area contributed by atoms with Crippen molar-refractivity contribution in [2.24, 2.45) is 0 Å². The summed E-state index contributed by atoms with van der Waals surface area (Å²) in [5.74, 6) is -1.28. The molecule has 0 radical (unpaired) electrons. The lowest BCUT2D eigenvalue weighted by Gasteiger charge is -2.25. The number of hydrogen-bond acceptors (Lipinski definition) is 3. The van der Waals surface area contributed by atoms with Gasteiger partial charge in [0.2, 0.25) is 0 Å². The first-order valence-electron chi connectivity index (χ1n) is 9.27. The molecule has 1 saturated heterocycles. The summed E-state index contributed by atoms with van der Waals surface area (Å²) >= 11 is 0. The molecule has 0 bridgehead atoms. The van der Waals surface area contributed by atoms with Gasteiger partial charge in [-0.15, -0.1) is 0 Å². The molecule has 0 spiro atoms. The second-order valence-electron chi connectivity index (χ2n) is 7.21. The Morgan fingerprint density at radius 3 is 2.41 bits per heavy atom. The second kappa shape index (κ2) is 7.39. The van der Waals surface area contributed by atoms with Crippen LogP contribution in [-0.2, 0) is 9.59 Å². The van der Waals surface area contributed by atoms with Crippen LogP contribution in [0.4, 0.5) is 0 Å². The van der Waals surface area contributed by atoms with Gasteiger partial charge >= 0.3 is 0 Å². The van der Waals surface area contributed by atoms with E-state index in [1.807, 2.05) is 64.1 Å². The molecule has 1 aliphatic heterocycles. The van der Waals surface area contributed by atoms with Gasteiger partial charge in [0.15, 0.2) is 0 Å². The zero-order chi connectivity index (χ0) is 19.7. The van der Waals surface area contributed by atoms with Gasteiger partial charge in [0, 0.05) is 12.1 Å². The Balaban J connectivity index is 2.21. The molecule has 1 heterocycles. The highest BCUT2D eigenvalue weighted by Crippen LogP contribution is 2.39. The minimum Gasteiger partial charge on any atom is -0.507 e. The van der Waals surface area contributed by atoms with Crippen LogP contribution in [0.5, 0.6) is 0 Å². The number of aliphatic hydroxyl groups is 1. The first-order chi connectivity index (χ1) is 12.8. The Labute approximate surface area is 160 Å². The van der Waals surface area contributed by atoms with Crippen LogP contribution in [0.15, 0.2) is 48.0 Å². The van der Waals surface area contributed by atoms with Gasteiger partial charge in [-0.05, 0) is 49.9 Å². The summed E-state index contributed by atoms with van der Waals surface area (Å²) in [4.78, 5) is 27.1. The van der Waals surface area contributed by atoms with Crippen molar-refractivity contribution in [2.45, 2.75) is 40.2 Å². The number of benzene rings is 2. The van der Waals surface area contributed by atoms with Crippen LogP contribution < -0.4 is 0 Å². The molecule has 0 aliphatic carbocycles. The fourth-order valence-electron chi connectivity index (χ4n) is 3.58. The summed E-state index contributed by atoms with van der Waals surface area (Å²) in [6.07, 6.45) is 0.735. The number of aliphatic hydroxyl groups excluding tert-OH is 1. The monoisotopic (exact) mass is 363 g/mol. The molecule has 1 fully saturated rings. The van der Waals surface area contributed by atoms with Crippen molar-refractivity contribution in [2.75, 3.05) is 6.54 Å². The van der Waals surface area contributed by atoms with Gasteiger partial charge in [0.1, 0.15) is 5.76 Å². The van der Waals surface area contributed by atoms with E-state index in [9.17, 15) is 14.7 Å². The summed E-state index contributed by atoms with van der Waals surface area (Å²) in [6.45, 7) is 8.35. The summed E-state index contributed by atoms with van der Waals surface area (Å²) in [5, 5.41) is 11.0. The number of carbonyl (C=O) groups excluding carboxylic acids is 2. The van der Waals surface area contributed by atoms with E-state index in [4.69, 9.17) is 0 Å². The number of rotatable bonds is 4. The summed E-state index contributed by atoms with van der Waals surface area (Å²) in [6, 6.07) is 12.7. The Morgan fingerprint density at radius 2 is 1.78 bits per heavy atom. The number of amides is 1. The van der Waals surface area contributed by atoms with E-state index in [1.54, 1.807) is 11.0 Å². The molecule has 0 aromatic heterocycles. The fourth-order valence-corrected chi connectivity index (χ4v) is 3.58. The highest BCUT2D eigenvalue weighted by Gasteiger charge is 2.45. The van der Waals surface area contributed by atoms with E-state index < -0.39 is 17.7 Å². The highest BCUT2D eigenvalue weighted by molar-refractivity contribution is 6.46. The van der Waals surface area contributed by atoms with E-state index >= 15 is 0 Å². The number of aryl methyl sites for hydroxylation is 3. The maximum Gasteiger partial charge on any atom is 0.295 e. The van der Waals surface area contributed by atoms with Gasteiger partial charge in [-0.1, -0.05) is 48.9 Å². The molecule has 4 nitrogen and oxygen atoms in total. The number of carbonyl (C=O) groups is 2. The first-order valence-corrected chi connectivity index (χ1v) is 9.27. The molecule has 1 amide bonds. The number of Topliss-reactive ketones (excluding diaryl/α,β-unsaturated/α-hetero) is 1. The lowest BCUT2D eigenvalue weighted by molar-refractivity contribution is -0.139. The van der Waals surface area contributed by atoms with Crippen LogP contribution in [0.25, 0.3) is 5.76 Å². The van der Waals surface area contributed by atoms with E-state index in [-0.39, 0.29) is 11.3 Å².